The number of nitrogens with one attached hydrogen (secondary N) is 1. The molecule has 1 aromatic carbocycles. The van der Waals surface area contributed by atoms with Gasteiger partial charge >= 0.3 is 0 Å². The number of carbonyl (C=O) groups is 1. The number of nitro groups is 1. The van der Waals surface area contributed by atoms with Crippen molar-refractivity contribution in [3.05, 3.63) is 33.9 Å². The summed E-state index contributed by atoms with van der Waals surface area (Å²) in [4.78, 5) is 25.2. The predicted octanol–water partition coefficient (Wildman–Crippen LogP) is 2.90. The van der Waals surface area contributed by atoms with E-state index in [2.05, 4.69) is 12.2 Å². The molecule has 21 heavy (non-hydrogen) atoms. The summed E-state index contributed by atoms with van der Waals surface area (Å²) < 4.78 is 0. The van der Waals surface area contributed by atoms with E-state index in [0.717, 1.165) is 19.4 Å². The van der Waals surface area contributed by atoms with Gasteiger partial charge in [-0.15, -0.1) is 0 Å². The van der Waals surface area contributed by atoms with Crippen molar-refractivity contribution in [2.24, 2.45) is 5.92 Å². The van der Waals surface area contributed by atoms with E-state index in [4.69, 9.17) is 0 Å². The third-order valence-electron chi connectivity index (χ3n) is 3.77. The minimum Gasteiger partial charge on any atom is -0.379 e. The molecule has 1 fully saturated rings. The first-order chi connectivity index (χ1) is 10.0. The maximum absolute atomic E-state index is 12.7. The summed E-state index contributed by atoms with van der Waals surface area (Å²) in [7, 11) is 0. The van der Waals surface area contributed by atoms with Crippen molar-refractivity contribution in [2.45, 2.75) is 26.7 Å². The highest BCUT2D eigenvalue weighted by Gasteiger charge is 2.27. The van der Waals surface area contributed by atoms with Gasteiger partial charge in [-0.25, -0.2) is 0 Å². The first kappa shape index (κ1) is 15.3. The summed E-state index contributed by atoms with van der Waals surface area (Å²) in [5.74, 6) is 0.352. The highest BCUT2D eigenvalue weighted by atomic mass is 16.6. The Morgan fingerprint density at radius 2 is 2.29 bits per heavy atom. The summed E-state index contributed by atoms with van der Waals surface area (Å²) in [5.41, 5.74) is 0.668. The minimum atomic E-state index is -0.451. The van der Waals surface area contributed by atoms with E-state index in [1.165, 1.54) is 6.07 Å². The van der Waals surface area contributed by atoms with E-state index < -0.39 is 4.92 Å². The predicted molar refractivity (Wildman–Crippen MR) is 81.6 cm³/mol. The SMILES string of the molecule is CCNc1c(C(=O)N2CCCC(C)C2)cccc1[N+](=O)[O-]. The molecule has 1 saturated heterocycles. The van der Waals surface area contributed by atoms with Crippen molar-refractivity contribution in [1.29, 1.82) is 0 Å². The highest BCUT2D eigenvalue weighted by molar-refractivity contribution is 6.01. The molecule has 2 rings (SSSR count). The number of anilines is 1. The molecule has 1 amide bonds. The van der Waals surface area contributed by atoms with Crippen molar-refractivity contribution in [2.75, 3.05) is 25.0 Å². The van der Waals surface area contributed by atoms with Crippen LogP contribution >= 0.6 is 0 Å². The van der Waals surface area contributed by atoms with Crippen molar-refractivity contribution in [3.63, 3.8) is 0 Å². The van der Waals surface area contributed by atoms with Crippen LogP contribution in [0.5, 0.6) is 0 Å². The molecule has 1 aliphatic rings. The molecule has 1 unspecified atom stereocenters. The molecule has 0 aromatic heterocycles. The molecule has 0 radical (unpaired) electrons. The van der Waals surface area contributed by atoms with E-state index in [1.807, 2.05) is 6.92 Å². The fourth-order valence-electron chi connectivity index (χ4n) is 2.78. The third kappa shape index (κ3) is 3.32. The number of para-hydroxylation sites is 1. The maximum Gasteiger partial charge on any atom is 0.293 e. The minimum absolute atomic E-state index is 0.0484. The Morgan fingerprint density at radius 3 is 2.90 bits per heavy atom. The molecule has 0 spiro atoms. The van der Waals surface area contributed by atoms with Gasteiger partial charge in [0.1, 0.15) is 5.69 Å². The molecule has 6 heteroatoms. The van der Waals surface area contributed by atoms with Crippen LogP contribution in [-0.2, 0) is 0 Å². The van der Waals surface area contributed by atoms with Crippen LogP contribution in [-0.4, -0.2) is 35.4 Å². The summed E-state index contributed by atoms with van der Waals surface area (Å²) in [5, 5.41) is 14.1. The zero-order chi connectivity index (χ0) is 15.4. The summed E-state index contributed by atoms with van der Waals surface area (Å²) in [6, 6.07) is 4.65. The number of likely N-dealkylation sites (tertiary alicyclic amines) is 1. The lowest BCUT2D eigenvalue weighted by molar-refractivity contribution is -0.384. The zero-order valence-corrected chi connectivity index (χ0v) is 12.5. The second-order valence-corrected chi connectivity index (χ2v) is 5.49. The number of nitro benzene ring substituents is 1. The Bertz CT molecular complexity index is 545. The number of hydrogen-bond donors (Lipinski definition) is 1. The van der Waals surface area contributed by atoms with Crippen molar-refractivity contribution in [1.82, 2.24) is 4.90 Å². The van der Waals surface area contributed by atoms with E-state index in [0.29, 0.717) is 30.3 Å². The summed E-state index contributed by atoms with van der Waals surface area (Å²) >= 11 is 0. The summed E-state index contributed by atoms with van der Waals surface area (Å²) in [6.07, 6.45) is 2.11. The average molecular weight is 291 g/mol. The highest BCUT2D eigenvalue weighted by Crippen LogP contribution is 2.30. The molecule has 1 aliphatic heterocycles. The lowest BCUT2D eigenvalue weighted by atomic mass is 9.99. The molecule has 0 aliphatic carbocycles. The van der Waals surface area contributed by atoms with E-state index in [-0.39, 0.29) is 11.6 Å². The Balaban J connectivity index is 2.35. The second kappa shape index (κ2) is 6.56. The van der Waals surface area contributed by atoms with E-state index >= 15 is 0 Å². The Hall–Kier alpha value is -2.11. The van der Waals surface area contributed by atoms with Gasteiger partial charge in [0.25, 0.3) is 11.6 Å². The molecule has 1 N–H and O–H groups in total. The van der Waals surface area contributed by atoms with Gasteiger partial charge in [-0.05, 0) is 31.7 Å². The molecule has 6 nitrogen and oxygen atoms in total. The Labute approximate surface area is 124 Å². The number of benzene rings is 1. The number of piperidine rings is 1. The van der Waals surface area contributed by atoms with Crippen molar-refractivity contribution < 1.29 is 9.72 Å². The van der Waals surface area contributed by atoms with E-state index in [9.17, 15) is 14.9 Å². The van der Waals surface area contributed by atoms with Crippen LogP contribution in [0.15, 0.2) is 18.2 Å². The van der Waals surface area contributed by atoms with Crippen LogP contribution in [0.2, 0.25) is 0 Å². The molecule has 0 bridgehead atoms. The third-order valence-corrected chi connectivity index (χ3v) is 3.77. The quantitative estimate of drug-likeness (QED) is 0.683. The maximum atomic E-state index is 12.7. The van der Waals surface area contributed by atoms with Crippen LogP contribution in [0.1, 0.15) is 37.0 Å². The first-order valence-electron chi connectivity index (χ1n) is 7.35. The molecular weight excluding hydrogens is 270 g/mol. The first-order valence-corrected chi connectivity index (χ1v) is 7.35. The van der Waals surface area contributed by atoms with Gasteiger partial charge in [0.2, 0.25) is 0 Å². The number of rotatable bonds is 4. The monoisotopic (exact) mass is 291 g/mol. The van der Waals surface area contributed by atoms with Gasteiger partial charge < -0.3 is 10.2 Å². The van der Waals surface area contributed by atoms with Gasteiger partial charge in [-0.2, -0.15) is 0 Å². The lowest BCUT2D eigenvalue weighted by Crippen LogP contribution is -2.39. The van der Waals surface area contributed by atoms with Crippen LogP contribution in [0.3, 0.4) is 0 Å². The van der Waals surface area contributed by atoms with E-state index in [1.54, 1.807) is 17.0 Å². The van der Waals surface area contributed by atoms with Gasteiger partial charge in [0.15, 0.2) is 0 Å². The van der Waals surface area contributed by atoms with Gasteiger partial charge in [-0.3, -0.25) is 14.9 Å². The Morgan fingerprint density at radius 1 is 1.52 bits per heavy atom. The molecular formula is C15H21N3O3. The number of nitrogens with zero attached hydrogens (tertiary/aromatic N) is 2. The molecule has 0 saturated carbocycles. The smallest absolute Gasteiger partial charge is 0.293 e. The lowest BCUT2D eigenvalue weighted by Gasteiger charge is -2.31. The fourth-order valence-corrected chi connectivity index (χ4v) is 2.78. The summed E-state index contributed by atoms with van der Waals surface area (Å²) in [6.45, 7) is 5.94. The number of carbonyl (C=O) groups excluding carboxylic acids is 1. The van der Waals surface area contributed by atoms with Crippen LogP contribution < -0.4 is 5.32 Å². The average Bonchev–Trinajstić information content (AvgIpc) is 2.47. The van der Waals surface area contributed by atoms with Crippen molar-refractivity contribution in [3.8, 4) is 0 Å². The van der Waals surface area contributed by atoms with Crippen LogP contribution in [0, 0.1) is 16.0 Å². The zero-order valence-electron chi connectivity index (χ0n) is 12.5. The van der Waals surface area contributed by atoms with Crippen molar-refractivity contribution >= 4 is 17.3 Å². The standard InChI is InChI=1S/C15H21N3O3/c1-3-16-14-12(7-4-8-13(14)18(20)21)15(19)17-9-5-6-11(2)10-17/h4,7-8,11,16H,3,5-6,9-10H2,1-2H3. The molecule has 1 heterocycles. The molecule has 1 aromatic rings. The largest absolute Gasteiger partial charge is 0.379 e. The number of hydrogen-bond acceptors (Lipinski definition) is 4. The van der Waals surface area contributed by atoms with Crippen LogP contribution in [0.25, 0.3) is 0 Å². The molecule has 1 atom stereocenters. The van der Waals surface area contributed by atoms with Crippen LogP contribution in [0.4, 0.5) is 11.4 Å². The molecule has 114 valence electrons. The topological polar surface area (TPSA) is 75.5 Å². The second-order valence-electron chi connectivity index (χ2n) is 5.49. The Kier molecular flexibility index (Phi) is 4.77. The van der Waals surface area contributed by atoms with Gasteiger partial charge in [0.05, 0.1) is 10.5 Å². The van der Waals surface area contributed by atoms with Gasteiger partial charge in [-0.1, -0.05) is 13.0 Å². The fraction of sp³-hybridized carbons (Fsp3) is 0.533. The number of amides is 1. The normalized spacial score (nSPS) is 18.4. The van der Waals surface area contributed by atoms with Gasteiger partial charge in [0, 0.05) is 25.7 Å².